The van der Waals surface area contributed by atoms with E-state index in [-0.39, 0.29) is 11.0 Å². The number of hydrogen-bond acceptors (Lipinski definition) is 5. The number of aromatic nitrogens is 2. The van der Waals surface area contributed by atoms with Crippen molar-refractivity contribution in [3.8, 4) is 11.5 Å². The average molecular weight is 379 g/mol. The van der Waals surface area contributed by atoms with E-state index in [1.807, 2.05) is 6.07 Å². The molecule has 0 spiro atoms. The van der Waals surface area contributed by atoms with E-state index >= 15 is 0 Å². The van der Waals surface area contributed by atoms with Crippen LogP contribution in [0, 0.1) is 0 Å². The Hall–Kier alpha value is -1.82. The fourth-order valence-corrected chi connectivity index (χ4v) is 3.13. The second kappa shape index (κ2) is 7.38. The molecule has 1 heterocycles. The zero-order chi connectivity index (χ0) is 17.1. The summed E-state index contributed by atoms with van der Waals surface area (Å²) in [6.45, 7) is 1.80. The molecule has 1 aromatic heterocycles. The van der Waals surface area contributed by atoms with Crippen LogP contribution in [0.2, 0.25) is 10.0 Å². The molecule has 1 atom stereocenters. The van der Waals surface area contributed by atoms with Crippen molar-refractivity contribution in [1.29, 1.82) is 0 Å². The highest BCUT2D eigenvalue weighted by molar-refractivity contribution is 8.00. The number of carbonyl (C=O) groups excluding carboxylic acids is 1. The zero-order valence-corrected chi connectivity index (χ0v) is 14.9. The third kappa shape index (κ3) is 3.98. The van der Waals surface area contributed by atoms with Gasteiger partial charge in [-0.1, -0.05) is 41.0 Å². The Bertz CT molecular complexity index is 865. The highest BCUT2D eigenvalue weighted by Gasteiger charge is 2.20. The molecule has 3 rings (SSSR count). The summed E-state index contributed by atoms with van der Waals surface area (Å²) in [6, 6.07) is 13.9. The molecule has 0 unspecified atom stereocenters. The van der Waals surface area contributed by atoms with Gasteiger partial charge in [0.2, 0.25) is 5.89 Å². The Morgan fingerprint density at radius 2 is 1.83 bits per heavy atom. The minimum Gasteiger partial charge on any atom is -0.411 e. The normalized spacial score (nSPS) is 12.1. The molecule has 0 saturated carbocycles. The minimum atomic E-state index is -0.362. The maximum absolute atomic E-state index is 12.4. The van der Waals surface area contributed by atoms with Crippen LogP contribution in [0.3, 0.4) is 0 Å². The second-order valence-corrected chi connectivity index (χ2v) is 7.18. The van der Waals surface area contributed by atoms with Gasteiger partial charge in [0.15, 0.2) is 5.78 Å². The van der Waals surface area contributed by atoms with Crippen LogP contribution in [0.15, 0.2) is 58.2 Å². The predicted octanol–water partition coefficient (Wildman–Crippen LogP) is 5.41. The molecule has 0 aliphatic carbocycles. The molecule has 0 radical (unpaired) electrons. The number of ketones is 1. The molecule has 0 amide bonds. The summed E-state index contributed by atoms with van der Waals surface area (Å²) in [6.07, 6.45) is 0. The third-order valence-electron chi connectivity index (χ3n) is 3.25. The number of nitrogens with zero attached hydrogens (tertiary/aromatic N) is 2. The molecule has 0 saturated heterocycles. The Morgan fingerprint density at radius 1 is 1.08 bits per heavy atom. The average Bonchev–Trinajstić information content (AvgIpc) is 3.03. The van der Waals surface area contributed by atoms with E-state index in [0.717, 1.165) is 5.56 Å². The summed E-state index contributed by atoms with van der Waals surface area (Å²) in [5.41, 5.74) is 1.33. The molecule has 24 heavy (non-hydrogen) atoms. The number of thioether (sulfide) groups is 1. The summed E-state index contributed by atoms with van der Waals surface area (Å²) >= 11 is 13.0. The monoisotopic (exact) mass is 378 g/mol. The first-order chi connectivity index (χ1) is 11.5. The smallest absolute Gasteiger partial charge is 0.277 e. The first-order valence-electron chi connectivity index (χ1n) is 7.09. The number of halogens is 2. The maximum atomic E-state index is 12.4. The van der Waals surface area contributed by atoms with Crippen molar-refractivity contribution in [2.24, 2.45) is 0 Å². The molecule has 0 bridgehead atoms. The molecule has 0 aliphatic heterocycles. The van der Waals surface area contributed by atoms with Gasteiger partial charge >= 0.3 is 0 Å². The van der Waals surface area contributed by atoms with Crippen LogP contribution in [0.25, 0.3) is 11.5 Å². The number of rotatable bonds is 5. The van der Waals surface area contributed by atoms with Crippen molar-refractivity contribution in [3.63, 3.8) is 0 Å². The van der Waals surface area contributed by atoms with Gasteiger partial charge in [-0.15, -0.1) is 10.2 Å². The lowest BCUT2D eigenvalue weighted by atomic mass is 10.1. The second-order valence-electron chi connectivity index (χ2n) is 5.01. The summed E-state index contributed by atoms with van der Waals surface area (Å²) in [4.78, 5) is 12.4. The van der Waals surface area contributed by atoms with Gasteiger partial charge in [-0.25, -0.2) is 0 Å². The number of carbonyl (C=O) groups is 1. The van der Waals surface area contributed by atoms with Gasteiger partial charge in [-0.3, -0.25) is 4.79 Å². The van der Waals surface area contributed by atoms with E-state index in [1.54, 1.807) is 49.4 Å². The van der Waals surface area contributed by atoms with Gasteiger partial charge in [-0.05, 0) is 49.4 Å². The van der Waals surface area contributed by atoms with Crippen LogP contribution in [-0.4, -0.2) is 21.2 Å². The molecule has 3 aromatic rings. The van der Waals surface area contributed by atoms with Gasteiger partial charge in [0.25, 0.3) is 5.22 Å². The third-order valence-corrected chi connectivity index (χ3v) is 4.67. The van der Waals surface area contributed by atoms with Crippen LogP contribution < -0.4 is 0 Å². The van der Waals surface area contributed by atoms with Crippen LogP contribution in [0.1, 0.15) is 17.3 Å². The zero-order valence-electron chi connectivity index (χ0n) is 12.6. The van der Waals surface area contributed by atoms with E-state index in [1.165, 1.54) is 11.8 Å². The summed E-state index contributed by atoms with van der Waals surface area (Å²) in [7, 11) is 0. The fourth-order valence-electron chi connectivity index (χ4n) is 2.05. The highest BCUT2D eigenvalue weighted by atomic mass is 35.5. The highest BCUT2D eigenvalue weighted by Crippen LogP contribution is 2.28. The predicted molar refractivity (Wildman–Crippen MR) is 95.8 cm³/mol. The Kier molecular flexibility index (Phi) is 5.23. The molecular weight excluding hydrogens is 367 g/mol. The maximum Gasteiger partial charge on any atom is 0.277 e. The molecule has 0 aliphatic rings. The van der Waals surface area contributed by atoms with Crippen molar-refractivity contribution in [3.05, 3.63) is 64.1 Å². The summed E-state index contributed by atoms with van der Waals surface area (Å²) in [5, 5.41) is 9.13. The Balaban J connectivity index is 1.72. The van der Waals surface area contributed by atoms with Crippen LogP contribution in [0.4, 0.5) is 0 Å². The Labute approximate surface area is 153 Å². The quantitative estimate of drug-likeness (QED) is 0.438. The first-order valence-corrected chi connectivity index (χ1v) is 8.72. The van der Waals surface area contributed by atoms with Gasteiger partial charge in [0.05, 0.1) is 5.25 Å². The SMILES string of the molecule is C[C@@H](Sc1nnc(-c2cccc(Cl)c2)o1)C(=O)c1ccc(Cl)cc1. The number of benzene rings is 2. The topological polar surface area (TPSA) is 56.0 Å². The van der Waals surface area contributed by atoms with Gasteiger partial charge in [0, 0.05) is 21.2 Å². The lowest BCUT2D eigenvalue weighted by Crippen LogP contribution is -2.13. The van der Waals surface area contributed by atoms with Crippen molar-refractivity contribution in [2.75, 3.05) is 0 Å². The molecular formula is C17H12Cl2N2O2S. The molecule has 4 nitrogen and oxygen atoms in total. The summed E-state index contributed by atoms with van der Waals surface area (Å²) < 4.78 is 5.61. The van der Waals surface area contributed by atoms with Crippen molar-refractivity contribution in [1.82, 2.24) is 10.2 Å². The molecule has 7 heteroatoms. The molecule has 0 N–H and O–H groups in total. The van der Waals surface area contributed by atoms with Crippen molar-refractivity contribution in [2.45, 2.75) is 17.4 Å². The first kappa shape index (κ1) is 17.0. The minimum absolute atomic E-state index is 0.0285. The van der Waals surface area contributed by atoms with E-state index in [9.17, 15) is 4.79 Å². The van der Waals surface area contributed by atoms with E-state index in [0.29, 0.717) is 26.7 Å². The van der Waals surface area contributed by atoms with E-state index in [2.05, 4.69) is 10.2 Å². The largest absolute Gasteiger partial charge is 0.411 e. The van der Waals surface area contributed by atoms with Gasteiger partial charge in [-0.2, -0.15) is 0 Å². The van der Waals surface area contributed by atoms with Gasteiger partial charge < -0.3 is 4.42 Å². The molecule has 0 fully saturated rings. The van der Waals surface area contributed by atoms with Crippen LogP contribution in [-0.2, 0) is 0 Å². The fraction of sp³-hybridized carbons (Fsp3) is 0.118. The molecule has 122 valence electrons. The van der Waals surface area contributed by atoms with Gasteiger partial charge in [0.1, 0.15) is 0 Å². The number of hydrogen-bond donors (Lipinski definition) is 0. The lowest BCUT2D eigenvalue weighted by molar-refractivity contribution is 0.0993. The van der Waals surface area contributed by atoms with E-state index < -0.39 is 0 Å². The van der Waals surface area contributed by atoms with Crippen LogP contribution >= 0.6 is 35.0 Å². The molecule has 2 aromatic carbocycles. The summed E-state index contributed by atoms with van der Waals surface area (Å²) in [5.74, 6) is 0.338. The lowest BCUT2D eigenvalue weighted by Gasteiger charge is -2.07. The van der Waals surface area contributed by atoms with Crippen molar-refractivity contribution < 1.29 is 9.21 Å². The van der Waals surface area contributed by atoms with Crippen LogP contribution in [0.5, 0.6) is 0 Å². The standard InChI is InChI=1S/C17H12Cl2N2O2S/c1-10(15(22)11-5-7-13(18)8-6-11)24-17-21-20-16(23-17)12-3-2-4-14(19)9-12/h2-10H,1H3/t10-/m1/s1. The Morgan fingerprint density at radius 3 is 2.54 bits per heavy atom. The van der Waals surface area contributed by atoms with E-state index in [4.69, 9.17) is 27.6 Å². The number of Topliss-reactive ketones (excluding diaryl/α,β-unsaturated/α-hetero) is 1. The van der Waals surface area contributed by atoms with Crippen molar-refractivity contribution >= 4 is 40.7 Å².